The van der Waals surface area contributed by atoms with Gasteiger partial charge in [-0.25, -0.2) is 4.39 Å². The topological polar surface area (TPSA) is 17.1 Å². The molecular formula is C10H13FO. The number of carbonyl (C=O) groups excluding carboxylic acids is 1. The second-order valence-electron chi connectivity index (χ2n) is 4.72. The van der Waals surface area contributed by atoms with Gasteiger partial charge in [0.25, 0.3) is 0 Å². The van der Waals surface area contributed by atoms with Gasteiger partial charge in [0.15, 0.2) is 0 Å². The van der Waals surface area contributed by atoms with Crippen molar-refractivity contribution >= 4 is 5.78 Å². The minimum Gasteiger partial charge on any atom is -0.299 e. The fraction of sp³-hybridized carbons (Fsp3) is 0.900. The molecule has 0 N–H and O–H groups in total. The second kappa shape index (κ2) is 2.09. The molecule has 0 spiro atoms. The van der Waals surface area contributed by atoms with Gasteiger partial charge in [-0.1, -0.05) is 0 Å². The molecule has 0 aromatic rings. The molecule has 5 atom stereocenters. The van der Waals surface area contributed by atoms with Gasteiger partial charge in [-0.2, -0.15) is 0 Å². The summed E-state index contributed by atoms with van der Waals surface area (Å²) in [7, 11) is 0. The van der Waals surface area contributed by atoms with Crippen molar-refractivity contribution in [2.75, 3.05) is 0 Å². The minimum absolute atomic E-state index is 0.193. The molecule has 0 heterocycles. The maximum absolute atomic E-state index is 13.5. The summed E-state index contributed by atoms with van der Waals surface area (Å²) in [5, 5.41) is 0. The van der Waals surface area contributed by atoms with Gasteiger partial charge in [-0.05, 0) is 37.5 Å². The maximum Gasteiger partial charge on any atom is 0.141 e. The monoisotopic (exact) mass is 168 g/mol. The van der Waals surface area contributed by atoms with Gasteiger partial charge in [0.2, 0.25) is 0 Å². The number of hydrogen-bond donors (Lipinski definition) is 0. The average molecular weight is 168 g/mol. The number of hydrogen-bond acceptors (Lipinski definition) is 1. The zero-order valence-corrected chi connectivity index (χ0v) is 7.00. The fourth-order valence-corrected chi connectivity index (χ4v) is 3.56. The van der Waals surface area contributed by atoms with Crippen molar-refractivity contribution in [3.8, 4) is 0 Å². The Morgan fingerprint density at radius 1 is 1.17 bits per heavy atom. The van der Waals surface area contributed by atoms with Crippen molar-refractivity contribution in [3.63, 3.8) is 0 Å². The number of carbonyl (C=O) groups is 1. The zero-order valence-electron chi connectivity index (χ0n) is 7.00. The molecule has 12 heavy (non-hydrogen) atoms. The lowest BCUT2D eigenvalue weighted by Crippen LogP contribution is -2.52. The van der Waals surface area contributed by atoms with Crippen LogP contribution in [0, 0.1) is 23.7 Å². The van der Waals surface area contributed by atoms with Gasteiger partial charge in [-0.15, -0.1) is 0 Å². The molecule has 4 bridgehead atoms. The van der Waals surface area contributed by atoms with Crippen LogP contribution in [-0.4, -0.2) is 12.0 Å². The van der Waals surface area contributed by atoms with E-state index in [4.69, 9.17) is 0 Å². The molecule has 0 aliphatic heterocycles. The van der Waals surface area contributed by atoms with E-state index >= 15 is 0 Å². The van der Waals surface area contributed by atoms with E-state index in [-0.39, 0.29) is 23.5 Å². The lowest BCUT2D eigenvalue weighted by atomic mass is 9.55. The molecular weight excluding hydrogens is 155 g/mol. The minimum atomic E-state index is -0.787. The molecule has 4 aliphatic carbocycles. The summed E-state index contributed by atoms with van der Waals surface area (Å²) in [5.41, 5.74) is 0. The van der Waals surface area contributed by atoms with Crippen LogP contribution >= 0.6 is 0 Å². The molecule has 66 valence electrons. The first-order chi connectivity index (χ1) is 5.75. The third-order valence-electron chi connectivity index (χ3n) is 4.03. The van der Waals surface area contributed by atoms with Crippen LogP contribution in [0.4, 0.5) is 4.39 Å². The Morgan fingerprint density at radius 3 is 2.83 bits per heavy atom. The quantitative estimate of drug-likeness (QED) is 0.540. The molecule has 0 aromatic heterocycles. The number of rotatable bonds is 0. The molecule has 0 aromatic carbocycles. The molecule has 4 fully saturated rings. The van der Waals surface area contributed by atoms with Gasteiger partial charge in [0.05, 0.1) is 0 Å². The molecule has 4 saturated carbocycles. The first-order valence-electron chi connectivity index (χ1n) is 4.93. The summed E-state index contributed by atoms with van der Waals surface area (Å²) in [4.78, 5) is 11.5. The number of halogens is 1. The fourth-order valence-electron chi connectivity index (χ4n) is 3.56. The van der Waals surface area contributed by atoms with Gasteiger partial charge in [0.1, 0.15) is 12.0 Å². The van der Waals surface area contributed by atoms with Crippen LogP contribution in [0.2, 0.25) is 0 Å². The Bertz CT molecular complexity index is 238. The lowest BCUT2D eigenvalue weighted by molar-refractivity contribution is -0.147. The van der Waals surface area contributed by atoms with Crippen molar-refractivity contribution in [1.29, 1.82) is 0 Å². The standard InChI is InChI=1S/C10H13FO/c11-9-6-1-5-2-7(4-6)10(12)8(9)3-5/h5-9H,1-4H2. The van der Waals surface area contributed by atoms with Crippen molar-refractivity contribution in [2.24, 2.45) is 23.7 Å². The Balaban J connectivity index is 1.98. The Kier molecular flexibility index (Phi) is 1.23. The molecule has 0 amide bonds. The molecule has 4 rings (SSSR count). The number of alkyl halides is 1. The first kappa shape index (κ1) is 7.05. The van der Waals surface area contributed by atoms with E-state index in [9.17, 15) is 9.18 Å². The van der Waals surface area contributed by atoms with Gasteiger partial charge >= 0.3 is 0 Å². The van der Waals surface area contributed by atoms with E-state index in [1.807, 2.05) is 0 Å². The van der Waals surface area contributed by atoms with Gasteiger partial charge < -0.3 is 0 Å². The van der Waals surface area contributed by atoms with Crippen LogP contribution in [0.3, 0.4) is 0 Å². The second-order valence-corrected chi connectivity index (χ2v) is 4.72. The predicted octanol–water partition coefficient (Wildman–Crippen LogP) is 1.96. The summed E-state index contributed by atoms with van der Waals surface area (Å²) in [6.45, 7) is 0. The Hall–Kier alpha value is -0.400. The predicted molar refractivity (Wildman–Crippen MR) is 42.3 cm³/mol. The van der Waals surface area contributed by atoms with Crippen molar-refractivity contribution in [2.45, 2.75) is 31.9 Å². The molecule has 0 radical (unpaired) electrons. The molecule has 2 heteroatoms. The van der Waals surface area contributed by atoms with Crippen LogP contribution in [0.1, 0.15) is 25.7 Å². The van der Waals surface area contributed by atoms with E-state index < -0.39 is 6.17 Å². The van der Waals surface area contributed by atoms with Crippen LogP contribution in [-0.2, 0) is 4.79 Å². The Morgan fingerprint density at radius 2 is 2.00 bits per heavy atom. The normalized spacial score (nSPS) is 56.4. The first-order valence-corrected chi connectivity index (χ1v) is 4.93. The SMILES string of the molecule is O=C1C2CC3CC(C2)C(F)C1C3. The number of ketones is 1. The summed E-state index contributed by atoms with van der Waals surface area (Å²) < 4.78 is 13.5. The highest BCUT2D eigenvalue weighted by Crippen LogP contribution is 2.52. The van der Waals surface area contributed by atoms with E-state index in [1.165, 1.54) is 0 Å². The van der Waals surface area contributed by atoms with Gasteiger partial charge in [-0.3, -0.25) is 4.79 Å². The zero-order chi connectivity index (χ0) is 8.29. The summed E-state index contributed by atoms with van der Waals surface area (Å²) in [5.74, 6) is 1.23. The third kappa shape index (κ3) is 0.711. The molecule has 4 aliphatic rings. The van der Waals surface area contributed by atoms with E-state index in [0.717, 1.165) is 25.7 Å². The maximum atomic E-state index is 13.5. The van der Waals surface area contributed by atoms with Crippen molar-refractivity contribution < 1.29 is 9.18 Å². The van der Waals surface area contributed by atoms with Crippen LogP contribution in [0.5, 0.6) is 0 Å². The molecule has 0 saturated heterocycles. The van der Waals surface area contributed by atoms with E-state index in [1.54, 1.807) is 0 Å². The van der Waals surface area contributed by atoms with Crippen molar-refractivity contribution in [1.82, 2.24) is 0 Å². The lowest BCUT2D eigenvalue weighted by Gasteiger charge is -2.50. The van der Waals surface area contributed by atoms with E-state index in [0.29, 0.717) is 5.92 Å². The smallest absolute Gasteiger partial charge is 0.141 e. The molecule has 1 nitrogen and oxygen atoms in total. The molecule has 5 unspecified atom stereocenters. The third-order valence-corrected chi connectivity index (χ3v) is 4.03. The summed E-state index contributed by atoms with van der Waals surface area (Å²) in [6.07, 6.45) is 3.05. The largest absolute Gasteiger partial charge is 0.299 e. The van der Waals surface area contributed by atoms with Gasteiger partial charge in [0, 0.05) is 11.8 Å². The highest BCUT2D eigenvalue weighted by atomic mass is 19.1. The number of Topliss-reactive ketones (excluding diaryl/α,β-unsaturated/α-hetero) is 1. The summed E-state index contributed by atoms with van der Waals surface area (Å²) >= 11 is 0. The summed E-state index contributed by atoms with van der Waals surface area (Å²) in [6, 6.07) is 0. The van der Waals surface area contributed by atoms with Crippen LogP contribution in [0.25, 0.3) is 0 Å². The van der Waals surface area contributed by atoms with Crippen molar-refractivity contribution in [3.05, 3.63) is 0 Å². The highest BCUT2D eigenvalue weighted by Gasteiger charge is 2.53. The van der Waals surface area contributed by atoms with Crippen LogP contribution < -0.4 is 0 Å². The van der Waals surface area contributed by atoms with E-state index in [2.05, 4.69) is 0 Å². The highest BCUT2D eigenvalue weighted by molar-refractivity contribution is 5.86. The Labute approximate surface area is 71.3 Å². The average Bonchev–Trinajstić information content (AvgIpc) is 2.07. The van der Waals surface area contributed by atoms with Crippen LogP contribution in [0.15, 0.2) is 0 Å².